The van der Waals surface area contributed by atoms with Crippen LogP contribution in [-0.2, 0) is 0 Å². The second-order valence-corrected chi connectivity index (χ2v) is 6.88. The molecule has 0 spiro atoms. The van der Waals surface area contributed by atoms with E-state index in [9.17, 15) is 19.1 Å². The Hall–Kier alpha value is -2.61. The quantitative estimate of drug-likeness (QED) is 0.864. The van der Waals surface area contributed by atoms with E-state index in [4.69, 9.17) is 10.5 Å². The number of benzene rings is 1. The number of carbonyl (C=O) groups is 1. The first kappa shape index (κ1) is 16.8. The molecule has 138 valence electrons. The van der Waals surface area contributed by atoms with Crippen molar-refractivity contribution in [3.63, 3.8) is 0 Å². The molecule has 0 saturated carbocycles. The predicted octanol–water partition coefficient (Wildman–Crippen LogP) is 1.72. The zero-order valence-corrected chi connectivity index (χ0v) is 14.4. The van der Waals surface area contributed by atoms with Gasteiger partial charge in [-0.2, -0.15) is 0 Å². The fourth-order valence-electron chi connectivity index (χ4n) is 3.88. The van der Waals surface area contributed by atoms with E-state index >= 15 is 0 Å². The number of rotatable bonds is 3. The molecule has 2 atom stereocenters. The minimum Gasteiger partial charge on any atom is -0.487 e. The molecule has 26 heavy (non-hydrogen) atoms. The number of halogens is 1. The largest absolute Gasteiger partial charge is 0.487 e. The van der Waals surface area contributed by atoms with Gasteiger partial charge in [-0.1, -0.05) is 6.92 Å². The van der Waals surface area contributed by atoms with E-state index in [-0.39, 0.29) is 29.6 Å². The van der Waals surface area contributed by atoms with Gasteiger partial charge in [0.2, 0.25) is 5.43 Å². The fraction of sp³-hybridized carbons (Fsp3) is 0.444. The molecule has 3 heterocycles. The van der Waals surface area contributed by atoms with E-state index in [1.165, 1.54) is 6.20 Å². The van der Waals surface area contributed by atoms with Crippen molar-refractivity contribution < 1.29 is 19.0 Å². The van der Waals surface area contributed by atoms with Gasteiger partial charge in [0.05, 0.1) is 16.9 Å². The normalized spacial score (nSPS) is 21.9. The lowest BCUT2D eigenvalue weighted by Crippen LogP contribution is -2.31. The van der Waals surface area contributed by atoms with Gasteiger partial charge >= 0.3 is 5.97 Å². The smallest absolute Gasteiger partial charge is 0.341 e. The van der Waals surface area contributed by atoms with Crippen LogP contribution in [0.3, 0.4) is 0 Å². The molecule has 0 unspecified atom stereocenters. The van der Waals surface area contributed by atoms with Gasteiger partial charge in [-0.25, -0.2) is 9.18 Å². The molecule has 3 N–H and O–H groups in total. The van der Waals surface area contributed by atoms with Gasteiger partial charge in [0.15, 0.2) is 11.6 Å². The molecule has 2 aromatic rings. The van der Waals surface area contributed by atoms with Crippen molar-refractivity contribution in [2.24, 2.45) is 5.73 Å². The topological polar surface area (TPSA) is 97.8 Å². The maximum atomic E-state index is 14.9. The molecule has 1 aromatic heterocycles. The summed E-state index contributed by atoms with van der Waals surface area (Å²) in [6, 6.07) is 0.966. The third-order valence-electron chi connectivity index (χ3n) is 5.25. The summed E-state index contributed by atoms with van der Waals surface area (Å²) >= 11 is 0. The summed E-state index contributed by atoms with van der Waals surface area (Å²) in [4.78, 5) is 25.9. The second kappa shape index (κ2) is 5.98. The monoisotopic (exact) mass is 361 g/mol. The lowest BCUT2D eigenvalue weighted by molar-refractivity contribution is 0.0694. The Balaban J connectivity index is 2.06. The summed E-state index contributed by atoms with van der Waals surface area (Å²) in [6.45, 7) is 3.35. The first-order valence-electron chi connectivity index (χ1n) is 8.70. The van der Waals surface area contributed by atoms with Crippen molar-refractivity contribution in [1.29, 1.82) is 0 Å². The number of nitrogens with two attached hydrogens (primary N) is 1. The van der Waals surface area contributed by atoms with Crippen molar-refractivity contribution >= 4 is 22.6 Å². The molecule has 0 aliphatic carbocycles. The van der Waals surface area contributed by atoms with Crippen LogP contribution in [0.2, 0.25) is 0 Å². The van der Waals surface area contributed by atoms with Crippen LogP contribution in [0.4, 0.5) is 10.1 Å². The minimum atomic E-state index is -1.32. The van der Waals surface area contributed by atoms with Gasteiger partial charge in [0.1, 0.15) is 17.9 Å². The Morgan fingerprint density at radius 2 is 2.27 bits per heavy atom. The highest BCUT2D eigenvalue weighted by atomic mass is 19.1. The highest BCUT2D eigenvalue weighted by Gasteiger charge is 2.32. The third-order valence-corrected chi connectivity index (χ3v) is 5.25. The zero-order valence-electron chi connectivity index (χ0n) is 14.4. The number of ether oxygens (including phenoxy) is 1. The molecular formula is C18H20FN3O4. The lowest BCUT2D eigenvalue weighted by atomic mass is 10.0. The number of pyridine rings is 1. The first-order valence-corrected chi connectivity index (χ1v) is 8.70. The Morgan fingerprint density at radius 1 is 1.50 bits per heavy atom. The number of hydrogen-bond donors (Lipinski definition) is 2. The van der Waals surface area contributed by atoms with Crippen LogP contribution in [0.15, 0.2) is 17.1 Å². The molecule has 2 aliphatic heterocycles. The van der Waals surface area contributed by atoms with Crippen LogP contribution < -0.4 is 20.8 Å². The molecule has 4 rings (SSSR count). The lowest BCUT2D eigenvalue weighted by Gasteiger charge is -2.32. The molecule has 8 heteroatoms. The number of hydrogen-bond acceptors (Lipinski definition) is 5. The van der Waals surface area contributed by atoms with E-state index in [1.54, 1.807) is 4.57 Å². The summed E-state index contributed by atoms with van der Waals surface area (Å²) in [5, 5.41) is 9.39. The highest BCUT2D eigenvalue weighted by molar-refractivity contribution is 5.97. The Morgan fingerprint density at radius 3 is 2.88 bits per heavy atom. The molecule has 1 fully saturated rings. The van der Waals surface area contributed by atoms with Crippen LogP contribution >= 0.6 is 0 Å². The van der Waals surface area contributed by atoms with Gasteiger partial charge < -0.3 is 25.0 Å². The third kappa shape index (κ3) is 2.36. The summed E-state index contributed by atoms with van der Waals surface area (Å²) in [6.07, 6.45) is 2.79. The van der Waals surface area contributed by atoms with Crippen LogP contribution in [0, 0.1) is 5.82 Å². The van der Waals surface area contributed by atoms with E-state index in [2.05, 4.69) is 0 Å². The standard InChI is InChI=1S/C18H20FN3O4/c1-2-10-8-26-17-14-11(16(23)12(18(24)25)7-22(10)14)5-13(19)15(17)21-4-3-9(20)6-21/h5,7,9-10H,2-4,6,8,20H2,1H3,(H,24,25)/t9-,10+/m1/s1. The fourth-order valence-corrected chi connectivity index (χ4v) is 3.88. The molecule has 0 amide bonds. The van der Waals surface area contributed by atoms with E-state index in [0.29, 0.717) is 36.5 Å². The molecular weight excluding hydrogens is 341 g/mol. The Kier molecular flexibility index (Phi) is 3.87. The summed E-state index contributed by atoms with van der Waals surface area (Å²) < 4.78 is 22.6. The van der Waals surface area contributed by atoms with E-state index in [0.717, 1.165) is 12.5 Å². The molecule has 0 bridgehead atoms. The van der Waals surface area contributed by atoms with Crippen molar-refractivity contribution in [3.8, 4) is 5.75 Å². The summed E-state index contributed by atoms with van der Waals surface area (Å²) in [5.41, 5.74) is 5.65. The number of aromatic carboxylic acids is 1. The van der Waals surface area contributed by atoms with Crippen molar-refractivity contribution in [2.45, 2.75) is 31.8 Å². The van der Waals surface area contributed by atoms with Crippen molar-refractivity contribution in [2.75, 3.05) is 24.6 Å². The summed E-state index contributed by atoms with van der Waals surface area (Å²) in [7, 11) is 0. The SMILES string of the molecule is CC[C@H]1COc2c(N3CC[C@@H](N)C3)c(F)cc3c(=O)c(C(=O)O)cn1c23. The molecule has 1 aromatic carbocycles. The minimum absolute atomic E-state index is 0.0304. The highest BCUT2D eigenvalue weighted by Crippen LogP contribution is 2.43. The number of carboxylic acids is 1. The first-order chi connectivity index (χ1) is 12.4. The van der Waals surface area contributed by atoms with Gasteiger partial charge in [-0.05, 0) is 18.9 Å². The maximum Gasteiger partial charge on any atom is 0.341 e. The van der Waals surface area contributed by atoms with Gasteiger partial charge in [-0.3, -0.25) is 4.79 Å². The average molecular weight is 361 g/mol. The molecule has 0 radical (unpaired) electrons. The van der Waals surface area contributed by atoms with E-state index < -0.39 is 17.2 Å². The number of anilines is 1. The maximum absolute atomic E-state index is 14.9. The summed E-state index contributed by atoms with van der Waals surface area (Å²) in [5.74, 6) is -1.62. The Bertz CT molecular complexity index is 971. The number of carboxylic acid groups (broad SMARTS) is 1. The molecule has 7 nitrogen and oxygen atoms in total. The molecule has 1 saturated heterocycles. The number of nitrogens with zero attached hydrogens (tertiary/aromatic N) is 2. The zero-order chi connectivity index (χ0) is 18.6. The van der Waals surface area contributed by atoms with Crippen molar-refractivity contribution in [3.05, 3.63) is 33.9 Å². The number of aromatic nitrogens is 1. The Labute approximate surface area is 148 Å². The molecule has 2 aliphatic rings. The predicted molar refractivity (Wildman–Crippen MR) is 94.8 cm³/mol. The van der Waals surface area contributed by atoms with Crippen LogP contribution in [0.25, 0.3) is 10.9 Å². The van der Waals surface area contributed by atoms with Gasteiger partial charge in [0.25, 0.3) is 0 Å². The van der Waals surface area contributed by atoms with Crippen LogP contribution in [-0.4, -0.2) is 41.4 Å². The van der Waals surface area contributed by atoms with Crippen LogP contribution in [0.5, 0.6) is 5.75 Å². The van der Waals surface area contributed by atoms with Crippen LogP contribution in [0.1, 0.15) is 36.2 Å². The van der Waals surface area contributed by atoms with Crippen molar-refractivity contribution in [1.82, 2.24) is 4.57 Å². The second-order valence-electron chi connectivity index (χ2n) is 6.88. The van der Waals surface area contributed by atoms with Gasteiger partial charge in [0, 0.05) is 25.3 Å². The van der Waals surface area contributed by atoms with Gasteiger partial charge in [-0.15, -0.1) is 0 Å². The van der Waals surface area contributed by atoms with E-state index in [1.807, 2.05) is 11.8 Å². The average Bonchev–Trinajstić information content (AvgIpc) is 3.03.